The summed E-state index contributed by atoms with van der Waals surface area (Å²) in [5.41, 5.74) is 5.20. The second kappa shape index (κ2) is 3.26. The Hall–Kier alpha value is -0.810. The van der Waals surface area contributed by atoms with Crippen LogP contribution in [0.1, 0.15) is 6.92 Å². The van der Waals surface area contributed by atoms with E-state index in [0.717, 1.165) is 5.12 Å². The molecule has 0 aliphatic carbocycles. The number of rotatable bonds is 2. The first-order valence-corrected chi connectivity index (χ1v) is 2.54. The third kappa shape index (κ3) is 3.75. The maximum atomic E-state index is 8.73. The van der Waals surface area contributed by atoms with Crippen LogP contribution in [0.5, 0.6) is 0 Å². The third-order valence-electron chi connectivity index (χ3n) is 0.701. The van der Waals surface area contributed by atoms with E-state index >= 15 is 0 Å². The van der Waals surface area contributed by atoms with E-state index in [1.165, 1.54) is 14.0 Å². The Labute approximate surface area is 53.9 Å². The number of nitrogens with zero attached hydrogens (tertiary/aromatic N) is 2. The Morgan fingerprint density at radius 3 is 2.33 bits per heavy atom. The van der Waals surface area contributed by atoms with Crippen molar-refractivity contribution in [2.45, 2.75) is 13.0 Å². The minimum Gasteiger partial charge on any atom is -0.385 e. The Kier molecular flexibility index (Phi) is 2.97. The van der Waals surface area contributed by atoms with Gasteiger partial charge in [-0.15, -0.1) is 5.10 Å². The van der Waals surface area contributed by atoms with Gasteiger partial charge in [-0.05, 0) is 6.92 Å². The summed E-state index contributed by atoms with van der Waals surface area (Å²) >= 11 is 0. The van der Waals surface area contributed by atoms with E-state index in [9.17, 15) is 0 Å². The summed E-state index contributed by atoms with van der Waals surface area (Å²) < 4.78 is 0. The molecule has 0 bridgehead atoms. The zero-order chi connectivity index (χ0) is 7.44. The van der Waals surface area contributed by atoms with Gasteiger partial charge in [-0.2, -0.15) is 0 Å². The molecule has 1 unspecified atom stereocenters. The van der Waals surface area contributed by atoms with Crippen LogP contribution in [-0.4, -0.2) is 29.2 Å². The van der Waals surface area contributed by atoms with Gasteiger partial charge in [0.25, 0.3) is 0 Å². The molecule has 0 rings (SSSR count). The first-order chi connectivity index (χ1) is 4.04. The second-order valence-electron chi connectivity index (χ2n) is 1.77. The summed E-state index contributed by atoms with van der Waals surface area (Å²) in [5, 5.41) is 13.3. The van der Waals surface area contributed by atoms with Gasteiger partial charge in [0.1, 0.15) is 11.9 Å². The van der Waals surface area contributed by atoms with Gasteiger partial charge >= 0.3 is 0 Å². The number of hydrazone groups is 1. The lowest BCUT2D eigenvalue weighted by Crippen LogP contribution is -2.31. The highest BCUT2D eigenvalue weighted by molar-refractivity contribution is 5.83. The van der Waals surface area contributed by atoms with E-state index in [2.05, 4.69) is 5.10 Å². The van der Waals surface area contributed by atoms with Crippen molar-refractivity contribution >= 4 is 5.84 Å². The molecule has 0 aromatic rings. The SMILES string of the molecule is CC(O)/C(N)=N/N(C)N. The van der Waals surface area contributed by atoms with Crippen LogP contribution in [0.4, 0.5) is 0 Å². The summed E-state index contributed by atoms with van der Waals surface area (Å²) in [6, 6.07) is 0. The highest BCUT2D eigenvalue weighted by Gasteiger charge is 1.99. The number of aliphatic hydroxyl groups excluding tert-OH is 1. The minimum absolute atomic E-state index is 0.111. The normalized spacial score (nSPS) is 15.3. The fourth-order valence-corrected chi connectivity index (χ4v) is 0.266. The molecule has 1 atom stereocenters. The molecule has 0 saturated heterocycles. The quantitative estimate of drug-likeness (QED) is 0.183. The molecule has 0 fully saturated rings. The Balaban J connectivity index is 3.84. The van der Waals surface area contributed by atoms with Crippen molar-refractivity contribution in [2.75, 3.05) is 7.05 Å². The molecule has 0 amide bonds. The molecule has 0 aliphatic rings. The predicted molar refractivity (Wildman–Crippen MR) is 35.3 cm³/mol. The zero-order valence-corrected chi connectivity index (χ0v) is 5.57. The standard InChI is InChI=1S/C4H12N4O/c1-3(9)4(5)7-8(2)6/h3,9H,6H2,1-2H3,(H2,5,7). The molecule has 5 nitrogen and oxygen atoms in total. The minimum atomic E-state index is -0.740. The number of hydrogen-bond donors (Lipinski definition) is 3. The van der Waals surface area contributed by atoms with Gasteiger partial charge in [-0.1, -0.05) is 0 Å². The number of hydrogen-bond acceptors (Lipinski definition) is 4. The second-order valence-corrected chi connectivity index (χ2v) is 1.77. The van der Waals surface area contributed by atoms with Gasteiger partial charge in [0.05, 0.1) is 0 Å². The molecule has 0 aromatic heterocycles. The first-order valence-electron chi connectivity index (χ1n) is 2.54. The smallest absolute Gasteiger partial charge is 0.150 e. The van der Waals surface area contributed by atoms with Gasteiger partial charge in [-0.25, -0.2) is 11.0 Å². The lowest BCUT2D eigenvalue weighted by atomic mass is 10.4. The largest absolute Gasteiger partial charge is 0.385 e. The van der Waals surface area contributed by atoms with Gasteiger partial charge in [-0.3, -0.25) is 0 Å². The van der Waals surface area contributed by atoms with Gasteiger partial charge in [0.2, 0.25) is 0 Å². The maximum Gasteiger partial charge on any atom is 0.150 e. The summed E-state index contributed by atoms with van der Waals surface area (Å²) in [7, 11) is 1.52. The average molecular weight is 132 g/mol. The van der Waals surface area contributed by atoms with Crippen LogP contribution < -0.4 is 11.6 Å². The summed E-state index contributed by atoms with van der Waals surface area (Å²) in [4.78, 5) is 0. The highest BCUT2D eigenvalue weighted by atomic mass is 16.3. The van der Waals surface area contributed by atoms with Crippen LogP contribution in [0.15, 0.2) is 5.10 Å². The molecular weight excluding hydrogens is 120 g/mol. The molecule has 0 aliphatic heterocycles. The summed E-state index contributed by atoms with van der Waals surface area (Å²) in [5.74, 6) is 5.20. The van der Waals surface area contributed by atoms with Crippen LogP contribution >= 0.6 is 0 Å². The summed E-state index contributed by atoms with van der Waals surface area (Å²) in [6.45, 7) is 1.52. The van der Waals surface area contributed by atoms with Crippen LogP contribution in [0, 0.1) is 0 Å². The van der Waals surface area contributed by atoms with E-state index in [4.69, 9.17) is 16.7 Å². The number of aliphatic hydroxyl groups is 1. The molecule has 5 N–H and O–H groups in total. The fraction of sp³-hybridized carbons (Fsp3) is 0.750. The Morgan fingerprint density at radius 1 is 1.78 bits per heavy atom. The van der Waals surface area contributed by atoms with E-state index in [1.54, 1.807) is 0 Å². The third-order valence-corrected chi connectivity index (χ3v) is 0.701. The van der Waals surface area contributed by atoms with Gasteiger partial charge < -0.3 is 10.8 Å². The number of amidine groups is 1. The molecule has 5 heteroatoms. The topological polar surface area (TPSA) is 87.9 Å². The fourth-order valence-electron chi connectivity index (χ4n) is 0.266. The van der Waals surface area contributed by atoms with Crippen molar-refractivity contribution in [2.24, 2.45) is 16.7 Å². The molecule has 0 aromatic carbocycles. The van der Waals surface area contributed by atoms with Gasteiger partial charge in [0.15, 0.2) is 0 Å². The van der Waals surface area contributed by atoms with E-state index < -0.39 is 6.10 Å². The lowest BCUT2D eigenvalue weighted by molar-refractivity contribution is 0.254. The van der Waals surface area contributed by atoms with Gasteiger partial charge in [0, 0.05) is 7.05 Å². The van der Waals surface area contributed by atoms with Crippen LogP contribution in [0.25, 0.3) is 0 Å². The molecule has 0 saturated carbocycles. The Morgan fingerprint density at radius 2 is 2.22 bits per heavy atom. The molecule has 9 heavy (non-hydrogen) atoms. The average Bonchev–Trinajstić information content (AvgIpc) is 1.63. The Bertz CT molecular complexity index is 109. The van der Waals surface area contributed by atoms with Crippen molar-refractivity contribution < 1.29 is 5.11 Å². The molecule has 0 radical (unpaired) electrons. The molecule has 54 valence electrons. The first kappa shape index (κ1) is 8.19. The van der Waals surface area contributed by atoms with E-state index in [0.29, 0.717) is 0 Å². The lowest BCUT2D eigenvalue weighted by Gasteiger charge is -2.07. The predicted octanol–water partition coefficient (Wildman–Crippen LogP) is -1.56. The molecular formula is C4H12N4O. The van der Waals surface area contributed by atoms with Crippen molar-refractivity contribution in [3.8, 4) is 0 Å². The molecule has 0 spiro atoms. The maximum absolute atomic E-state index is 8.73. The van der Waals surface area contributed by atoms with Crippen LogP contribution in [0.3, 0.4) is 0 Å². The summed E-state index contributed by atoms with van der Waals surface area (Å²) in [6.07, 6.45) is -0.740. The molecule has 0 heterocycles. The number of hydrazine groups is 1. The van der Waals surface area contributed by atoms with Crippen molar-refractivity contribution in [3.63, 3.8) is 0 Å². The van der Waals surface area contributed by atoms with Crippen LogP contribution in [0.2, 0.25) is 0 Å². The van der Waals surface area contributed by atoms with Crippen LogP contribution in [-0.2, 0) is 0 Å². The van der Waals surface area contributed by atoms with E-state index in [1.807, 2.05) is 0 Å². The van der Waals surface area contributed by atoms with Crippen molar-refractivity contribution in [3.05, 3.63) is 0 Å². The highest BCUT2D eigenvalue weighted by Crippen LogP contribution is 1.80. The zero-order valence-electron chi connectivity index (χ0n) is 5.57. The number of nitrogens with two attached hydrogens (primary N) is 2. The van der Waals surface area contributed by atoms with Crippen molar-refractivity contribution in [1.82, 2.24) is 5.12 Å². The monoisotopic (exact) mass is 132 g/mol. The van der Waals surface area contributed by atoms with Crippen molar-refractivity contribution in [1.29, 1.82) is 0 Å². The van der Waals surface area contributed by atoms with E-state index in [-0.39, 0.29) is 5.84 Å².